The number of nitrogens with one attached hydrogen (secondary N) is 2. The first-order chi connectivity index (χ1) is 9.92. The van der Waals surface area contributed by atoms with Crippen molar-refractivity contribution in [2.24, 2.45) is 0 Å². The third kappa shape index (κ3) is 4.45. The quantitative estimate of drug-likeness (QED) is 0.846. The Morgan fingerprint density at radius 2 is 1.62 bits per heavy atom. The van der Waals surface area contributed by atoms with E-state index in [1.54, 1.807) is 13.0 Å². The van der Waals surface area contributed by atoms with Crippen LogP contribution in [-0.2, 0) is 9.59 Å². The average Bonchev–Trinajstić information content (AvgIpc) is 2.72. The maximum atomic E-state index is 11.8. The smallest absolute Gasteiger partial charge is 0.235 e. The number of carbonyl (C=O) groups is 2. The minimum atomic E-state index is -0.440. The molecule has 0 fully saturated rings. The molecule has 1 aromatic heterocycles. The van der Waals surface area contributed by atoms with Crippen molar-refractivity contribution < 1.29 is 14.1 Å². The molecular formula is C15H17N3O3. The number of amides is 2. The summed E-state index contributed by atoms with van der Waals surface area (Å²) < 4.78 is 4.83. The zero-order valence-corrected chi connectivity index (χ0v) is 12.2. The first-order valence-corrected chi connectivity index (χ1v) is 6.54. The summed E-state index contributed by atoms with van der Waals surface area (Å²) in [5.74, 6) is 0.0737. The van der Waals surface area contributed by atoms with Gasteiger partial charge in [-0.05, 0) is 44.0 Å². The maximum Gasteiger partial charge on any atom is 0.235 e. The van der Waals surface area contributed by atoms with Gasteiger partial charge in [-0.25, -0.2) is 0 Å². The molecule has 0 spiro atoms. The van der Waals surface area contributed by atoms with Gasteiger partial charge in [0.05, 0.1) is 0 Å². The predicted molar refractivity (Wildman–Crippen MR) is 79.0 cm³/mol. The highest BCUT2D eigenvalue weighted by Gasteiger charge is 2.12. The number of aryl methyl sites for hydroxylation is 3. The van der Waals surface area contributed by atoms with Crippen LogP contribution in [0.4, 0.5) is 11.5 Å². The van der Waals surface area contributed by atoms with Crippen LogP contribution in [0.25, 0.3) is 0 Å². The van der Waals surface area contributed by atoms with E-state index in [-0.39, 0.29) is 12.3 Å². The Labute approximate surface area is 122 Å². The lowest BCUT2D eigenvalue weighted by Gasteiger charge is -2.07. The van der Waals surface area contributed by atoms with Crippen LogP contribution in [0.15, 0.2) is 28.8 Å². The van der Waals surface area contributed by atoms with Crippen molar-refractivity contribution in [1.82, 2.24) is 5.16 Å². The summed E-state index contributed by atoms with van der Waals surface area (Å²) in [6, 6.07) is 7.29. The number of hydrogen-bond donors (Lipinski definition) is 2. The number of nitrogens with zero attached hydrogens (tertiary/aromatic N) is 1. The van der Waals surface area contributed by atoms with Crippen molar-refractivity contribution in [3.63, 3.8) is 0 Å². The molecule has 2 N–H and O–H groups in total. The highest BCUT2D eigenvalue weighted by molar-refractivity contribution is 6.07. The lowest BCUT2D eigenvalue weighted by Crippen LogP contribution is -2.21. The second-order valence-electron chi connectivity index (χ2n) is 4.97. The second kappa shape index (κ2) is 6.21. The first kappa shape index (κ1) is 14.8. The lowest BCUT2D eigenvalue weighted by atomic mass is 10.1. The van der Waals surface area contributed by atoms with Crippen LogP contribution in [-0.4, -0.2) is 17.0 Å². The molecule has 0 bridgehead atoms. The summed E-state index contributed by atoms with van der Waals surface area (Å²) in [5.41, 5.74) is 2.78. The monoisotopic (exact) mass is 287 g/mol. The summed E-state index contributed by atoms with van der Waals surface area (Å²) in [7, 11) is 0. The maximum absolute atomic E-state index is 11.8. The van der Waals surface area contributed by atoms with Crippen LogP contribution in [0.5, 0.6) is 0 Å². The molecule has 0 atom stereocenters. The molecule has 110 valence electrons. The highest BCUT2D eigenvalue weighted by atomic mass is 16.5. The molecule has 0 radical (unpaired) electrons. The van der Waals surface area contributed by atoms with Gasteiger partial charge in [-0.15, -0.1) is 0 Å². The van der Waals surface area contributed by atoms with E-state index in [4.69, 9.17) is 4.52 Å². The number of rotatable bonds is 4. The molecule has 0 aliphatic heterocycles. The highest BCUT2D eigenvalue weighted by Crippen LogP contribution is 2.14. The normalized spacial score (nSPS) is 10.2. The Morgan fingerprint density at radius 3 is 2.19 bits per heavy atom. The van der Waals surface area contributed by atoms with E-state index in [1.807, 2.05) is 32.0 Å². The SMILES string of the molecule is Cc1cc(C)cc(NC(=O)CC(=O)Nc2cc(C)on2)c1. The standard InChI is InChI=1S/C15H17N3O3/c1-9-4-10(2)6-12(5-9)16-14(19)8-15(20)17-13-7-11(3)21-18-13/h4-7H,8H2,1-3H3,(H,16,19)(H,17,18,20). The molecule has 6 heteroatoms. The lowest BCUT2D eigenvalue weighted by molar-refractivity contribution is -0.123. The molecule has 2 aromatic rings. The van der Waals surface area contributed by atoms with Crippen LogP contribution < -0.4 is 10.6 Å². The van der Waals surface area contributed by atoms with Gasteiger partial charge in [0.25, 0.3) is 0 Å². The van der Waals surface area contributed by atoms with Gasteiger partial charge in [0.1, 0.15) is 12.2 Å². The number of benzene rings is 1. The third-order valence-corrected chi connectivity index (χ3v) is 2.72. The van der Waals surface area contributed by atoms with Gasteiger partial charge in [-0.2, -0.15) is 0 Å². The number of anilines is 2. The summed E-state index contributed by atoms with van der Waals surface area (Å²) in [5, 5.41) is 8.83. The van der Waals surface area contributed by atoms with Crippen LogP contribution in [0.2, 0.25) is 0 Å². The van der Waals surface area contributed by atoms with E-state index in [0.717, 1.165) is 11.1 Å². The molecule has 0 saturated carbocycles. The molecule has 0 aliphatic rings. The number of hydrogen-bond acceptors (Lipinski definition) is 4. The summed E-state index contributed by atoms with van der Waals surface area (Å²) in [6.45, 7) is 5.61. The average molecular weight is 287 g/mol. The summed E-state index contributed by atoms with van der Waals surface area (Å²) in [6.07, 6.45) is -0.279. The fraction of sp³-hybridized carbons (Fsp3) is 0.267. The van der Waals surface area contributed by atoms with E-state index in [2.05, 4.69) is 15.8 Å². The van der Waals surface area contributed by atoms with Crippen LogP contribution in [0.1, 0.15) is 23.3 Å². The van der Waals surface area contributed by atoms with Crippen LogP contribution in [0, 0.1) is 20.8 Å². The molecule has 0 aliphatic carbocycles. The largest absolute Gasteiger partial charge is 0.360 e. The Hall–Kier alpha value is -2.63. The van der Waals surface area contributed by atoms with Gasteiger partial charge >= 0.3 is 0 Å². The van der Waals surface area contributed by atoms with E-state index in [0.29, 0.717) is 17.3 Å². The number of aromatic nitrogens is 1. The van der Waals surface area contributed by atoms with Crippen molar-refractivity contribution in [3.8, 4) is 0 Å². The fourth-order valence-electron chi connectivity index (χ4n) is 2.01. The minimum absolute atomic E-state index is 0.279. The molecule has 0 saturated heterocycles. The van der Waals surface area contributed by atoms with E-state index in [1.165, 1.54) is 0 Å². The Morgan fingerprint density at radius 1 is 1.00 bits per heavy atom. The van der Waals surface area contributed by atoms with E-state index in [9.17, 15) is 9.59 Å². The second-order valence-corrected chi connectivity index (χ2v) is 4.97. The Balaban J connectivity index is 1.90. The molecule has 2 rings (SSSR count). The molecule has 2 amide bonds. The predicted octanol–water partition coefficient (Wildman–Crippen LogP) is 2.57. The van der Waals surface area contributed by atoms with Gasteiger partial charge in [0.2, 0.25) is 11.8 Å². The molecular weight excluding hydrogens is 270 g/mol. The van der Waals surface area contributed by atoms with Gasteiger partial charge in [0, 0.05) is 11.8 Å². The molecule has 6 nitrogen and oxygen atoms in total. The molecule has 0 unspecified atom stereocenters. The van der Waals surface area contributed by atoms with Crippen molar-refractivity contribution in [2.75, 3.05) is 10.6 Å². The van der Waals surface area contributed by atoms with Gasteiger partial charge in [-0.1, -0.05) is 11.2 Å². The van der Waals surface area contributed by atoms with Crippen molar-refractivity contribution in [3.05, 3.63) is 41.2 Å². The summed E-state index contributed by atoms with van der Waals surface area (Å²) >= 11 is 0. The molecule has 1 heterocycles. The van der Waals surface area contributed by atoms with Gasteiger partial charge in [0.15, 0.2) is 5.82 Å². The first-order valence-electron chi connectivity index (χ1n) is 6.54. The zero-order valence-electron chi connectivity index (χ0n) is 12.2. The summed E-state index contributed by atoms with van der Waals surface area (Å²) in [4.78, 5) is 23.5. The van der Waals surface area contributed by atoms with E-state index < -0.39 is 5.91 Å². The van der Waals surface area contributed by atoms with Gasteiger partial charge in [-0.3, -0.25) is 9.59 Å². The van der Waals surface area contributed by atoms with Gasteiger partial charge < -0.3 is 15.2 Å². The minimum Gasteiger partial charge on any atom is -0.360 e. The molecule has 1 aromatic carbocycles. The fourth-order valence-corrected chi connectivity index (χ4v) is 2.01. The Bertz CT molecular complexity index is 656. The van der Waals surface area contributed by atoms with Crippen molar-refractivity contribution in [1.29, 1.82) is 0 Å². The van der Waals surface area contributed by atoms with Crippen LogP contribution in [0.3, 0.4) is 0 Å². The topological polar surface area (TPSA) is 84.2 Å². The van der Waals surface area contributed by atoms with Crippen molar-refractivity contribution in [2.45, 2.75) is 27.2 Å². The Kier molecular flexibility index (Phi) is 4.37. The zero-order chi connectivity index (χ0) is 15.4. The van der Waals surface area contributed by atoms with E-state index >= 15 is 0 Å². The molecule has 21 heavy (non-hydrogen) atoms. The third-order valence-electron chi connectivity index (χ3n) is 2.72. The number of carbonyl (C=O) groups excluding carboxylic acids is 2. The van der Waals surface area contributed by atoms with Crippen LogP contribution >= 0.6 is 0 Å². The van der Waals surface area contributed by atoms with Crippen molar-refractivity contribution >= 4 is 23.3 Å².